The lowest BCUT2D eigenvalue weighted by Gasteiger charge is -1.97. The average molecular weight is 210 g/mol. The summed E-state index contributed by atoms with van der Waals surface area (Å²) >= 11 is 0. The molecule has 0 unspecified atom stereocenters. The van der Waals surface area contributed by atoms with Crippen LogP contribution in [0.25, 0.3) is 0 Å². The SMILES string of the molecule is CCC(=O)OC.CCc1ccccc1O. The molecule has 0 fully saturated rings. The molecule has 3 heteroatoms. The molecule has 0 saturated carbocycles. The molecule has 0 aliphatic rings. The second-order valence-electron chi connectivity index (χ2n) is 2.91. The van der Waals surface area contributed by atoms with E-state index in [1.807, 2.05) is 25.1 Å². The normalized spacial score (nSPS) is 8.73. The molecular weight excluding hydrogens is 192 g/mol. The number of phenolic OH excluding ortho intramolecular Hbond substituents is 1. The highest BCUT2D eigenvalue weighted by molar-refractivity contribution is 5.68. The number of aryl methyl sites for hydroxylation is 1. The highest BCUT2D eigenvalue weighted by Gasteiger charge is 1.92. The van der Waals surface area contributed by atoms with Gasteiger partial charge in [-0.2, -0.15) is 0 Å². The van der Waals surface area contributed by atoms with Gasteiger partial charge in [-0.05, 0) is 18.1 Å². The predicted molar refractivity (Wildman–Crippen MR) is 59.8 cm³/mol. The maximum absolute atomic E-state index is 9.96. The smallest absolute Gasteiger partial charge is 0.305 e. The van der Waals surface area contributed by atoms with E-state index in [1.165, 1.54) is 7.11 Å². The molecule has 0 aromatic heterocycles. The average Bonchev–Trinajstić information content (AvgIpc) is 2.29. The molecule has 0 heterocycles. The lowest BCUT2D eigenvalue weighted by Crippen LogP contribution is -1.94. The number of rotatable bonds is 2. The van der Waals surface area contributed by atoms with Crippen LogP contribution in [-0.4, -0.2) is 18.2 Å². The molecule has 0 atom stereocenters. The van der Waals surface area contributed by atoms with Gasteiger partial charge in [-0.25, -0.2) is 0 Å². The summed E-state index contributed by atoms with van der Waals surface area (Å²) in [7, 11) is 1.38. The summed E-state index contributed by atoms with van der Waals surface area (Å²) in [6, 6.07) is 7.39. The van der Waals surface area contributed by atoms with Crippen molar-refractivity contribution in [1.29, 1.82) is 0 Å². The molecule has 1 aromatic carbocycles. The summed E-state index contributed by atoms with van der Waals surface area (Å²) in [5, 5.41) is 9.11. The molecule has 15 heavy (non-hydrogen) atoms. The third-order valence-electron chi connectivity index (χ3n) is 1.89. The standard InChI is InChI=1S/C8H10O.C4H8O2/c1-2-7-5-3-4-6-8(7)9;1-3-4(5)6-2/h3-6,9H,2H2,1H3;3H2,1-2H3. The molecule has 3 nitrogen and oxygen atoms in total. The van der Waals surface area contributed by atoms with Gasteiger partial charge < -0.3 is 9.84 Å². The number of benzene rings is 1. The molecule has 0 aliphatic carbocycles. The number of carbonyl (C=O) groups is 1. The van der Waals surface area contributed by atoms with E-state index in [0.717, 1.165) is 12.0 Å². The van der Waals surface area contributed by atoms with E-state index in [9.17, 15) is 4.79 Å². The Hall–Kier alpha value is -1.51. The van der Waals surface area contributed by atoms with Crippen LogP contribution in [0.15, 0.2) is 24.3 Å². The van der Waals surface area contributed by atoms with Crippen LogP contribution in [0.1, 0.15) is 25.8 Å². The van der Waals surface area contributed by atoms with Gasteiger partial charge in [-0.1, -0.05) is 32.0 Å². The monoisotopic (exact) mass is 210 g/mol. The van der Waals surface area contributed by atoms with E-state index in [-0.39, 0.29) is 5.97 Å². The summed E-state index contributed by atoms with van der Waals surface area (Å²) < 4.78 is 4.26. The number of hydrogen-bond donors (Lipinski definition) is 1. The highest BCUT2D eigenvalue weighted by Crippen LogP contribution is 2.14. The molecule has 0 spiro atoms. The number of methoxy groups -OCH3 is 1. The van der Waals surface area contributed by atoms with Gasteiger partial charge in [0.15, 0.2) is 0 Å². The van der Waals surface area contributed by atoms with Crippen LogP contribution >= 0.6 is 0 Å². The summed E-state index contributed by atoms with van der Waals surface area (Å²) in [5.74, 6) is 0.245. The Morgan fingerprint density at radius 1 is 1.33 bits per heavy atom. The van der Waals surface area contributed by atoms with E-state index < -0.39 is 0 Å². The molecule has 0 bridgehead atoms. The van der Waals surface area contributed by atoms with Crippen molar-refractivity contribution in [3.05, 3.63) is 29.8 Å². The van der Waals surface area contributed by atoms with Crippen molar-refractivity contribution in [1.82, 2.24) is 0 Å². The van der Waals surface area contributed by atoms with Crippen molar-refractivity contribution >= 4 is 5.97 Å². The first-order valence-corrected chi connectivity index (χ1v) is 4.99. The van der Waals surface area contributed by atoms with Crippen molar-refractivity contribution in [3.63, 3.8) is 0 Å². The number of esters is 1. The van der Waals surface area contributed by atoms with Crippen molar-refractivity contribution in [3.8, 4) is 5.75 Å². The number of phenols is 1. The first-order chi connectivity index (χ1) is 7.15. The van der Waals surface area contributed by atoms with Crippen molar-refractivity contribution in [2.45, 2.75) is 26.7 Å². The lowest BCUT2D eigenvalue weighted by atomic mass is 10.1. The first-order valence-electron chi connectivity index (χ1n) is 4.99. The van der Waals surface area contributed by atoms with Gasteiger partial charge in [0.1, 0.15) is 5.75 Å². The van der Waals surface area contributed by atoms with Crippen molar-refractivity contribution < 1.29 is 14.6 Å². The van der Waals surface area contributed by atoms with Gasteiger partial charge in [0.2, 0.25) is 0 Å². The van der Waals surface area contributed by atoms with Gasteiger partial charge >= 0.3 is 5.97 Å². The Labute approximate surface area is 90.7 Å². The fraction of sp³-hybridized carbons (Fsp3) is 0.417. The Balaban J connectivity index is 0.000000288. The fourth-order valence-electron chi connectivity index (χ4n) is 0.954. The molecule has 0 radical (unpaired) electrons. The molecule has 1 aromatic rings. The zero-order valence-electron chi connectivity index (χ0n) is 9.49. The number of carbonyl (C=O) groups excluding carboxylic acids is 1. The maximum Gasteiger partial charge on any atom is 0.305 e. The van der Waals surface area contributed by atoms with Crippen LogP contribution in [0.4, 0.5) is 0 Å². The van der Waals surface area contributed by atoms with Gasteiger partial charge in [0.25, 0.3) is 0 Å². The largest absolute Gasteiger partial charge is 0.508 e. The zero-order valence-corrected chi connectivity index (χ0v) is 9.49. The summed E-state index contributed by atoms with van der Waals surface area (Å²) in [6.07, 6.45) is 1.36. The number of ether oxygens (including phenoxy) is 1. The van der Waals surface area contributed by atoms with Crippen LogP contribution in [0, 0.1) is 0 Å². The lowest BCUT2D eigenvalue weighted by molar-refractivity contribution is -0.140. The quantitative estimate of drug-likeness (QED) is 0.763. The van der Waals surface area contributed by atoms with E-state index in [4.69, 9.17) is 5.11 Å². The Morgan fingerprint density at radius 2 is 1.93 bits per heavy atom. The summed E-state index contributed by atoms with van der Waals surface area (Å²) in [4.78, 5) is 9.96. The Bertz CT molecular complexity index is 289. The molecule has 1 rings (SSSR count). The third kappa shape index (κ3) is 5.73. The topological polar surface area (TPSA) is 46.5 Å². The van der Waals surface area contributed by atoms with Crippen LogP contribution < -0.4 is 0 Å². The summed E-state index contributed by atoms with van der Waals surface area (Å²) in [6.45, 7) is 3.78. The van der Waals surface area contributed by atoms with Crippen molar-refractivity contribution in [2.75, 3.05) is 7.11 Å². The van der Waals surface area contributed by atoms with E-state index in [0.29, 0.717) is 12.2 Å². The van der Waals surface area contributed by atoms with Crippen LogP contribution in [-0.2, 0) is 16.0 Å². The number of para-hydroxylation sites is 1. The number of hydrogen-bond acceptors (Lipinski definition) is 3. The second-order valence-corrected chi connectivity index (χ2v) is 2.91. The Morgan fingerprint density at radius 3 is 2.20 bits per heavy atom. The second kappa shape index (κ2) is 7.85. The summed E-state index contributed by atoms with van der Waals surface area (Å²) in [5.41, 5.74) is 1.01. The fourth-order valence-corrected chi connectivity index (χ4v) is 0.954. The molecule has 0 aliphatic heterocycles. The molecule has 84 valence electrons. The van der Waals surface area contributed by atoms with E-state index in [1.54, 1.807) is 13.0 Å². The predicted octanol–water partition coefficient (Wildman–Crippen LogP) is 2.52. The third-order valence-corrected chi connectivity index (χ3v) is 1.89. The van der Waals surface area contributed by atoms with Gasteiger partial charge in [0, 0.05) is 6.42 Å². The zero-order chi connectivity index (χ0) is 11.7. The molecule has 0 saturated heterocycles. The molecule has 0 amide bonds. The van der Waals surface area contributed by atoms with Crippen LogP contribution in [0.2, 0.25) is 0 Å². The van der Waals surface area contributed by atoms with Crippen LogP contribution in [0.3, 0.4) is 0 Å². The number of aromatic hydroxyl groups is 1. The minimum Gasteiger partial charge on any atom is -0.508 e. The maximum atomic E-state index is 9.96. The highest BCUT2D eigenvalue weighted by atomic mass is 16.5. The first kappa shape index (κ1) is 13.5. The van der Waals surface area contributed by atoms with E-state index in [2.05, 4.69) is 4.74 Å². The van der Waals surface area contributed by atoms with Crippen molar-refractivity contribution in [2.24, 2.45) is 0 Å². The van der Waals surface area contributed by atoms with E-state index >= 15 is 0 Å². The van der Waals surface area contributed by atoms with Gasteiger partial charge in [-0.15, -0.1) is 0 Å². The van der Waals surface area contributed by atoms with Gasteiger partial charge in [-0.3, -0.25) is 4.79 Å². The molecular formula is C12H18O3. The van der Waals surface area contributed by atoms with Gasteiger partial charge in [0.05, 0.1) is 7.11 Å². The minimum absolute atomic E-state index is 0.157. The Kier molecular flexibility index (Phi) is 7.06. The molecule has 1 N–H and O–H groups in total. The van der Waals surface area contributed by atoms with Crippen LogP contribution in [0.5, 0.6) is 5.75 Å². The minimum atomic E-state index is -0.157.